The fourth-order valence-electron chi connectivity index (χ4n) is 2.64. The van der Waals surface area contributed by atoms with Gasteiger partial charge in [-0.1, -0.05) is 60.7 Å². The van der Waals surface area contributed by atoms with Crippen LogP contribution in [0, 0.1) is 0 Å². The van der Waals surface area contributed by atoms with Crippen LogP contribution in [0.5, 0.6) is 0 Å². The van der Waals surface area contributed by atoms with Crippen molar-refractivity contribution in [2.75, 3.05) is 6.61 Å². The second-order valence-corrected chi connectivity index (χ2v) is 5.50. The van der Waals surface area contributed by atoms with Gasteiger partial charge in [-0.25, -0.2) is 0 Å². The molecule has 118 valence electrons. The Morgan fingerprint density at radius 3 is 2.39 bits per heavy atom. The highest BCUT2D eigenvalue weighted by atomic mass is 16.3. The highest BCUT2D eigenvalue weighted by molar-refractivity contribution is 5.58. The molecule has 1 heterocycles. The predicted molar refractivity (Wildman–Crippen MR) is 91.7 cm³/mol. The largest absolute Gasteiger partial charge is 0.396 e. The van der Waals surface area contributed by atoms with E-state index in [1.807, 2.05) is 48.5 Å². The standard InChI is InChI=1S/C19H21N3O/c23-12-11-18(15-7-3-1-4-8-15)20-14-17-13-19(22-21-17)16-9-5-2-6-10-16/h1-10,13,18,20,23H,11-12,14H2,(H,21,22)/t18-/m1/s1. The first-order valence-electron chi connectivity index (χ1n) is 7.85. The van der Waals surface area contributed by atoms with Crippen LogP contribution in [0.2, 0.25) is 0 Å². The molecule has 4 heteroatoms. The van der Waals surface area contributed by atoms with Crippen molar-refractivity contribution in [2.24, 2.45) is 0 Å². The van der Waals surface area contributed by atoms with E-state index in [-0.39, 0.29) is 12.6 Å². The Kier molecular flexibility index (Phi) is 5.19. The Bertz CT molecular complexity index is 710. The number of aliphatic hydroxyl groups is 1. The van der Waals surface area contributed by atoms with E-state index in [9.17, 15) is 5.11 Å². The Morgan fingerprint density at radius 2 is 1.70 bits per heavy atom. The van der Waals surface area contributed by atoms with Crippen molar-refractivity contribution in [3.63, 3.8) is 0 Å². The van der Waals surface area contributed by atoms with Gasteiger partial charge in [-0.2, -0.15) is 5.10 Å². The average Bonchev–Trinajstić information content (AvgIpc) is 3.09. The van der Waals surface area contributed by atoms with Crippen molar-refractivity contribution in [1.82, 2.24) is 15.5 Å². The van der Waals surface area contributed by atoms with E-state index in [1.54, 1.807) is 0 Å². The Labute approximate surface area is 136 Å². The summed E-state index contributed by atoms with van der Waals surface area (Å²) in [5, 5.41) is 20.2. The molecule has 0 aliphatic carbocycles. The summed E-state index contributed by atoms with van der Waals surface area (Å²) >= 11 is 0. The minimum Gasteiger partial charge on any atom is -0.396 e. The number of hydrogen-bond donors (Lipinski definition) is 3. The molecular formula is C19H21N3O. The number of H-pyrrole nitrogens is 1. The first kappa shape index (κ1) is 15.5. The van der Waals surface area contributed by atoms with E-state index in [2.05, 4.69) is 33.7 Å². The van der Waals surface area contributed by atoms with Gasteiger partial charge in [-0.15, -0.1) is 0 Å². The zero-order chi connectivity index (χ0) is 15.9. The molecule has 3 rings (SSSR count). The van der Waals surface area contributed by atoms with Gasteiger partial charge in [-0.3, -0.25) is 5.10 Å². The third kappa shape index (κ3) is 4.06. The normalized spacial score (nSPS) is 12.2. The summed E-state index contributed by atoms with van der Waals surface area (Å²) in [5.74, 6) is 0. The number of hydrogen-bond acceptors (Lipinski definition) is 3. The fraction of sp³-hybridized carbons (Fsp3) is 0.211. The summed E-state index contributed by atoms with van der Waals surface area (Å²) < 4.78 is 0. The first-order valence-corrected chi connectivity index (χ1v) is 7.85. The van der Waals surface area contributed by atoms with Crippen LogP contribution in [0.25, 0.3) is 11.3 Å². The van der Waals surface area contributed by atoms with Crippen molar-refractivity contribution in [3.8, 4) is 11.3 Å². The monoisotopic (exact) mass is 307 g/mol. The minimum absolute atomic E-state index is 0.129. The Morgan fingerprint density at radius 1 is 1.00 bits per heavy atom. The average molecular weight is 307 g/mol. The molecule has 3 aromatic rings. The molecule has 23 heavy (non-hydrogen) atoms. The molecular weight excluding hydrogens is 286 g/mol. The number of rotatable bonds is 7. The molecule has 4 nitrogen and oxygen atoms in total. The zero-order valence-corrected chi connectivity index (χ0v) is 12.9. The van der Waals surface area contributed by atoms with E-state index in [4.69, 9.17) is 0 Å². The smallest absolute Gasteiger partial charge is 0.0924 e. The molecule has 0 unspecified atom stereocenters. The molecule has 0 aliphatic heterocycles. The molecule has 0 saturated heterocycles. The van der Waals surface area contributed by atoms with Gasteiger partial charge < -0.3 is 10.4 Å². The molecule has 1 atom stereocenters. The lowest BCUT2D eigenvalue weighted by Crippen LogP contribution is -2.22. The molecule has 3 N–H and O–H groups in total. The van der Waals surface area contributed by atoms with Gasteiger partial charge in [0, 0.05) is 30.5 Å². The third-order valence-corrected chi connectivity index (χ3v) is 3.86. The van der Waals surface area contributed by atoms with Crippen molar-refractivity contribution in [3.05, 3.63) is 78.0 Å². The molecule has 2 aromatic carbocycles. The van der Waals surface area contributed by atoms with Crippen molar-refractivity contribution in [1.29, 1.82) is 0 Å². The molecule has 0 aliphatic rings. The highest BCUT2D eigenvalue weighted by Gasteiger charge is 2.11. The lowest BCUT2D eigenvalue weighted by atomic mass is 10.0. The summed E-state index contributed by atoms with van der Waals surface area (Å²) in [6, 6.07) is 22.5. The van der Waals surface area contributed by atoms with Crippen molar-refractivity contribution in [2.45, 2.75) is 19.0 Å². The minimum atomic E-state index is 0.129. The van der Waals surface area contributed by atoms with Gasteiger partial charge in [-0.05, 0) is 18.1 Å². The second kappa shape index (κ2) is 7.72. The van der Waals surface area contributed by atoms with E-state index in [0.29, 0.717) is 13.0 Å². The van der Waals surface area contributed by atoms with Gasteiger partial charge in [0.25, 0.3) is 0 Å². The van der Waals surface area contributed by atoms with Gasteiger partial charge in [0.1, 0.15) is 0 Å². The fourth-order valence-corrected chi connectivity index (χ4v) is 2.64. The molecule has 0 saturated carbocycles. The van der Waals surface area contributed by atoms with Crippen LogP contribution in [0.15, 0.2) is 66.7 Å². The van der Waals surface area contributed by atoms with Crippen LogP contribution in [0.4, 0.5) is 0 Å². The summed E-state index contributed by atoms with van der Waals surface area (Å²) in [6.07, 6.45) is 0.684. The number of aromatic amines is 1. The van der Waals surface area contributed by atoms with Crippen LogP contribution in [0.1, 0.15) is 23.7 Å². The number of aromatic nitrogens is 2. The predicted octanol–water partition coefficient (Wildman–Crippen LogP) is 3.29. The maximum absolute atomic E-state index is 9.29. The molecule has 0 radical (unpaired) electrons. The van der Waals surface area contributed by atoms with Crippen LogP contribution in [-0.2, 0) is 6.54 Å². The van der Waals surface area contributed by atoms with Crippen LogP contribution in [0.3, 0.4) is 0 Å². The van der Waals surface area contributed by atoms with E-state index in [0.717, 1.165) is 17.0 Å². The quantitative estimate of drug-likeness (QED) is 0.628. The lowest BCUT2D eigenvalue weighted by molar-refractivity contribution is 0.265. The topological polar surface area (TPSA) is 60.9 Å². The molecule has 0 fully saturated rings. The SMILES string of the molecule is OCC[C@@H](NCc1cc(-c2ccccc2)n[nH]1)c1ccccc1. The molecule has 0 amide bonds. The van der Waals surface area contributed by atoms with E-state index < -0.39 is 0 Å². The first-order chi connectivity index (χ1) is 11.4. The maximum atomic E-state index is 9.29. The summed E-state index contributed by atoms with van der Waals surface area (Å²) in [4.78, 5) is 0. The van der Waals surface area contributed by atoms with Gasteiger partial charge >= 0.3 is 0 Å². The zero-order valence-electron chi connectivity index (χ0n) is 12.9. The summed E-state index contributed by atoms with van der Waals surface area (Å²) in [6.45, 7) is 0.837. The van der Waals surface area contributed by atoms with Gasteiger partial charge in [0.05, 0.1) is 5.69 Å². The molecule has 0 spiro atoms. The van der Waals surface area contributed by atoms with Crippen LogP contribution in [-0.4, -0.2) is 21.9 Å². The van der Waals surface area contributed by atoms with Crippen LogP contribution < -0.4 is 5.32 Å². The van der Waals surface area contributed by atoms with E-state index in [1.165, 1.54) is 5.56 Å². The number of nitrogens with one attached hydrogen (secondary N) is 2. The van der Waals surface area contributed by atoms with Crippen molar-refractivity contribution >= 4 is 0 Å². The Balaban J connectivity index is 1.66. The van der Waals surface area contributed by atoms with E-state index >= 15 is 0 Å². The lowest BCUT2D eigenvalue weighted by Gasteiger charge is -2.17. The number of benzene rings is 2. The number of nitrogens with zero attached hydrogens (tertiary/aromatic N) is 1. The third-order valence-electron chi connectivity index (χ3n) is 3.86. The van der Waals surface area contributed by atoms with Gasteiger partial charge in [0.15, 0.2) is 0 Å². The van der Waals surface area contributed by atoms with Crippen LogP contribution >= 0.6 is 0 Å². The summed E-state index contributed by atoms with van der Waals surface area (Å²) in [5.41, 5.74) is 4.26. The maximum Gasteiger partial charge on any atom is 0.0924 e. The molecule has 1 aromatic heterocycles. The van der Waals surface area contributed by atoms with Crippen molar-refractivity contribution < 1.29 is 5.11 Å². The number of aliphatic hydroxyl groups excluding tert-OH is 1. The Hall–Kier alpha value is -2.43. The van der Waals surface area contributed by atoms with Gasteiger partial charge in [0.2, 0.25) is 0 Å². The second-order valence-electron chi connectivity index (χ2n) is 5.50. The summed E-state index contributed by atoms with van der Waals surface area (Å²) in [7, 11) is 0. The highest BCUT2D eigenvalue weighted by Crippen LogP contribution is 2.19. The molecule has 0 bridgehead atoms.